The predicted octanol–water partition coefficient (Wildman–Crippen LogP) is 6.23. The fourth-order valence-electron chi connectivity index (χ4n) is 7.41. The molecule has 2 saturated heterocycles. The fourth-order valence-corrected chi connectivity index (χ4v) is 9.12. The van der Waals surface area contributed by atoms with E-state index in [1.807, 2.05) is 40.1 Å². The minimum Gasteiger partial charge on any atom is -0.338 e. The first-order valence-corrected chi connectivity index (χ1v) is 17.3. The number of sulfonamides is 1. The van der Waals surface area contributed by atoms with Crippen LogP contribution >= 0.6 is 11.6 Å². The number of nitrogens with zero attached hydrogens (tertiary/aromatic N) is 3. The molecule has 2 aliphatic carbocycles. The minimum atomic E-state index is -4.10. The average Bonchev–Trinajstić information content (AvgIpc) is 3.65. The van der Waals surface area contributed by atoms with Crippen LogP contribution in [0.2, 0.25) is 5.02 Å². The summed E-state index contributed by atoms with van der Waals surface area (Å²) in [5, 5.41) is 0.435. The van der Waals surface area contributed by atoms with Crippen LogP contribution in [0.5, 0.6) is 0 Å². The van der Waals surface area contributed by atoms with Crippen molar-refractivity contribution in [3.63, 3.8) is 0 Å². The van der Waals surface area contributed by atoms with Gasteiger partial charge in [0, 0.05) is 43.9 Å². The van der Waals surface area contributed by atoms with Crippen LogP contribution in [0.1, 0.15) is 76.4 Å². The van der Waals surface area contributed by atoms with E-state index in [-0.39, 0.29) is 42.4 Å². The second kappa shape index (κ2) is 11.5. The molecule has 1 atom stereocenters. The quantitative estimate of drug-likeness (QED) is 0.316. The molecule has 45 heavy (non-hydrogen) atoms. The number of amides is 2. The molecule has 7 rings (SSSR count). The van der Waals surface area contributed by atoms with Crippen molar-refractivity contribution in [3.8, 4) is 0 Å². The van der Waals surface area contributed by atoms with E-state index in [2.05, 4.69) is 0 Å². The van der Waals surface area contributed by atoms with E-state index >= 15 is 0 Å². The van der Waals surface area contributed by atoms with Crippen molar-refractivity contribution in [2.45, 2.75) is 61.9 Å². The molecule has 7 nitrogen and oxygen atoms in total. The molecule has 0 radical (unpaired) electrons. The molecule has 2 amide bonds. The normalized spacial score (nSPS) is 21.2. The number of carbonyl (C=O) groups is 2. The van der Waals surface area contributed by atoms with Gasteiger partial charge in [0.1, 0.15) is 16.5 Å². The summed E-state index contributed by atoms with van der Waals surface area (Å²) in [5.41, 5.74) is 3.04. The van der Waals surface area contributed by atoms with Gasteiger partial charge in [-0.1, -0.05) is 29.8 Å². The van der Waals surface area contributed by atoms with Gasteiger partial charge in [0.15, 0.2) is 0 Å². The summed E-state index contributed by atoms with van der Waals surface area (Å²) in [6, 6.07) is 15.5. The SMILES string of the molecule is O=C(c1ccc2c(c1)C(N(C(=O)c1ccccc1Cl)C1CC1)CC2)N1CCC2(CCN(S(=O)(=O)c3ccc(F)cc3F)CC2)C1. The molecule has 0 N–H and O–H groups in total. The Morgan fingerprint density at radius 3 is 2.36 bits per heavy atom. The Morgan fingerprint density at radius 1 is 0.911 bits per heavy atom. The molecule has 3 aromatic carbocycles. The Balaban J connectivity index is 1.05. The van der Waals surface area contributed by atoms with Crippen molar-refractivity contribution in [3.05, 3.63) is 99.6 Å². The molecule has 2 heterocycles. The van der Waals surface area contributed by atoms with Gasteiger partial charge < -0.3 is 9.80 Å². The maximum atomic E-state index is 14.3. The van der Waals surface area contributed by atoms with Crippen molar-refractivity contribution in [1.29, 1.82) is 0 Å². The first kappa shape index (κ1) is 30.3. The number of likely N-dealkylation sites (tertiary alicyclic amines) is 1. The van der Waals surface area contributed by atoms with Crippen molar-refractivity contribution >= 4 is 33.4 Å². The zero-order chi connectivity index (χ0) is 31.5. The number of rotatable bonds is 6. The van der Waals surface area contributed by atoms with Gasteiger partial charge in [-0.25, -0.2) is 17.2 Å². The zero-order valence-corrected chi connectivity index (χ0v) is 26.3. The van der Waals surface area contributed by atoms with Gasteiger partial charge in [0.2, 0.25) is 10.0 Å². The maximum absolute atomic E-state index is 14.3. The number of hydrogen-bond donors (Lipinski definition) is 0. The Hall–Kier alpha value is -3.34. The highest BCUT2D eigenvalue weighted by atomic mass is 35.5. The molecule has 1 unspecified atom stereocenters. The Bertz CT molecular complexity index is 1790. The predicted molar refractivity (Wildman–Crippen MR) is 165 cm³/mol. The lowest BCUT2D eigenvalue weighted by Gasteiger charge is -2.38. The minimum absolute atomic E-state index is 0.0702. The zero-order valence-electron chi connectivity index (χ0n) is 24.7. The maximum Gasteiger partial charge on any atom is 0.256 e. The summed E-state index contributed by atoms with van der Waals surface area (Å²) in [6.07, 6.45) is 5.39. The van der Waals surface area contributed by atoms with E-state index in [9.17, 15) is 26.8 Å². The molecule has 11 heteroatoms. The topological polar surface area (TPSA) is 78.0 Å². The van der Waals surface area contributed by atoms with Gasteiger partial charge in [-0.05, 0) is 97.9 Å². The van der Waals surface area contributed by atoms with Crippen molar-refractivity contribution in [1.82, 2.24) is 14.1 Å². The smallest absolute Gasteiger partial charge is 0.256 e. The first-order valence-electron chi connectivity index (χ1n) is 15.5. The van der Waals surface area contributed by atoms with Crippen LogP contribution in [0.3, 0.4) is 0 Å². The molecule has 0 aromatic heterocycles. The van der Waals surface area contributed by atoms with Gasteiger partial charge in [-0.3, -0.25) is 9.59 Å². The third-order valence-corrected chi connectivity index (χ3v) is 12.3. The Kier molecular flexibility index (Phi) is 7.73. The molecule has 1 spiro atoms. The second-order valence-electron chi connectivity index (χ2n) is 12.8. The number of hydrogen-bond acceptors (Lipinski definition) is 4. The van der Waals surface area contributed by atoms with E-state index in [4.69, 9.17) is 11.6 Å². The van der Waals surface area contributed by atoms with Gasteiger partial charge >= 0.3 is 0 Å². The van der Waals surface area contributed by atoms with Crippen LogP contribution in [0.25, 0.3) is 0 Å². The Labute approximate surface area is 266 Å². The number of carbonyl (C=O) groups excluding carboxylic acids is 2. The van der Waals surface area contributed by atoms with Gasteiger partial charge in [-0.15, -0.1) is 0 Å². The molecule has 0 bridgehead atoms. The van der Waals surface area contributed by atoms with E-state index in [0.717, 1.165) is 55.4 Å². The highest BCUT2D eigenvalue weighted by Crippen LogP contribution is 2.45. The molecular formula is C34H34ClF2N3O4S. The van der Waals surface area contributed by atoms with Gasteiger partial charge in [0.05, 0.1) is 16.6 Å². The highest BCUT2D eigenvalue weighted by molar-refractivity contribution is 7.89. The van der Waals surface area contributed by atoms with Crippen molar-refractivity contribution < 1.29 is 26.8 Å². The monoisotopic (exact) mass is 653 g/mol. The summed E-state index contributed by atoms with van der Waals surface area (Å²) in [4.78, 5) is 30.9. The highest BCUT2D eigenvalue weighted by Gasteiger charge is 2.45. The molecule has 4 aliphatic rings. The second-order valence-corrected chi connectivity index (χ2v) is 15.2. The summed E-state index contributed by atoms with van der Waals surface area (Å²) < 4.78 is 55.1. The van der Waals surface area contributed by atoms with Gasteiger partial charge in [-0.2, -0.15) is 4.31 Å². The fraction of sp³-hybridized carbons (Fsp3) is 0.412. The summed E-state index contributed by atoms with van der Waals surface area (Å²) in [6.45, 7) is 1.50. The van der Waals surface area contributed by atoms with Crippen LogP contribution in [-0.4, -0.2) is 66.6 Å². The van der Waals surface area contributed by atoms with Gasteiger partial charge in [0.25, 0.3) is 11.8 Å². The van der Waals surface area contributed by atoms with E-state index in [0.29, 0.717) is 48.1 Å². The number of halogens is 3. The third-order valence-electron chi connectivity index (χ3n) is 10.1. The van der Waals surface area contributed by atoms with Crippen molar-refractivity contribution in [2.75, 3.05) is 26.2 Å². The molecule has 3 aromatic rings. The largest absolute Gasteiger partial charge is 0.338 e. The first-order chi connectivity index (χ1) is 21.6. The van der Waals surface area contributed by atoms with Crippen LogP contribution in [0.4, 0.5) is 8.78 Å². The Morgan fingerprint density at radius 2 is 1.64 bits per heavy atom. The molecule has 2 aliphatic heterocycles. The third kappa shape index (κ3) is 5.55. The molecular weight excluding hydrogens is 620 g/mol. The number of fused-ring (bicyclic) bond motifs is 1. The molecule has 236 valence electrons. The summed E-state index contributed by atoms with van der Waals surface area (Å²) >= 11 is 6.41. The number of benzene rings is 3. The lowest BCUT2D eigenvalue weighted by Crippen LogP contribution is -2.44. The van der Waals surface area contributed by atoms with E-state index in [1.54, 1.807) is 12.1 Å². The van der Waals surface area contributed by atoms with E-state index < -0.39 is 26.6 Å². The summed E-state index contributed by atoms with van der Waals surface area (Å²) in [7, 11) is -4.10. The lowest BCUT2D eigenvalue weighted by molar-refractivity contribution is 0.0658. The van der Waals surface area contributed by atoms with Crippen molar-refractivity contribution in [2.24, 2.45) is 5.41 Å². The van der Waals surface area contributed by atoms with Crippen LogP contribution in [0.15, 0.2) is 65.6 Å². The number of aryl methyl sites for hydroxylation is 1. The molecule has 3 fully saturated rings. The van der Waals surface area contributed by atoms with Crippen LogP contribution in [0, 0.1) is 17.0 Å². The summed E-state index contributed by atoms with van der Waals surface area (Å²) in [5.74, 6) is -2.07. The molecule has 1 saturated carbocycles. The standard InChI is InChI=1S/C34H34ClF2N3O4S/c35-28-4-2-1-3-26(28)33(42)40(25-9-10-25)30-11-7-22-5-6-23(19-27(22)30)32(41)38-16-13-34(21-38)14-17-39(18-15-34)45(43,44)31-12-8-24(36)20-29(31)37/h1-6,8,12,19-20,25,30H,7,9-11,13-18,21H2. The number of piperidine rings is 1. The lowest BCUT2D eigenvalue weighted by atomic mass is 9.78. The van der Waals surface area contributed by atoms with Crippen LogP contribution in [-0.2, 0) is 16.4 Å². The van der Waals surface area contributed by atoms with Crippen LogP contribution < -0.4 is 0 Å². The average molecular weight is 654 g/mol. The van der Waals surface area contributed by atoms with E-state index in [1.165, 1.54) is 4.31 Å².